The van der Waals surface area contributed by atoms with Crippen LogP contribution in [0.2, 0.25) is 0 Å². The van der Waals surface area contributed by atoms with E-state index in [0.717, 1.165) is 5.76 Å². The normalized spacial score (nSPS) is 16.5. The lowest BCUT2D eigenvalue weighted by molar-refractivity contribution is -0.00597. The van der Waals surface area contributed by atoms with Crippen molar-refractivity contribution in [1.29, 1.82) is 0 Å². The molecule has 3 heteroatoms. The molecule has 1 aliphatic rings. The molecule has 70 valence electrons. The second kappa shape index (κ2) is 3.58. The molecule has 1 rings (SSSR count). The van der Waals surface area contributed by atoms with Crippen molar-refractivity contribution in [2.45, 2.75) is 32.8 Å². The first-order chi connectivity index (χ1) is 6.01. The van der Waals surface area contributed by atoms with Gasteiger partial charge in [0.25, 0.3) is 5.71 Å². The second-order valence-electron chi connectivity index (χ2n) is 3.95. The summed E-state index contributed by atoms with van der Waals surface area (Å²) in [6.45, 7) is 5.99. The quantitative estimate of drug-likeness (QED) is 0.449. The Balaban J connectivity index is 2.63. The topological polar surface area (TPSA) is 45.6 Å². The number of rotatable bonds is 1. The van der Waals surface area contributed by atoms with Gasteiger partial charge in [0.2, 0.25) is 0 Å². The summed E-state index contributed by atoms with van der Waals surface area (Å²) in [7, 11) is 0. The average molecular weight is 178 g/mol. The molecule has 0 N–H and O–H groups in total. The summed E-state index contributed by atoms with van der Waals surface area (Å²) in [6, 6.07) is 0. The largest absolute Gasteiger partial charge is 0.488 e. The molecule has 0 saturated carbocycles. The summed E-state index contributed by atoms with van der Waals surface area (Å²) < 4.78 is 5.61. The van der Waals surface area contributed by atoms with Gasteiger partial charge >= 0.3 is 0 Å². The zero-order valence-electron chi connectivity index (χ0n) is 8.24. The minimum Gasteiger partial charge on any atom is -0.488 e. The minimum atomic E-state index is -0.177. The van der Waals surface area contributed by atoms with Crippen molar-refractivity contribution in [3.05, 3.63) is 29.5 Å². The maximum absolute atomic E-state index is 8.48. The summed E-state index contributed by atoms with van der Waals surface area (Å²) in [4.78, 5) is 3.11. The van der Waals surface area contributed by atoms with Crippen LogP contribution < -0.4 is 0 Å². The van der Waals surface area contributed by atoms with Gasteiger partial charge in [-0.05, 0) is 32.9 Å². The van der Waals surface area contributed by atoms with Crippen molar-refractivity contribution < 1.29 is 9.53 Å². The average Bonchev–Trinajstić information content (AvgIpc) is 2.03. The molecule has 0 atom stereocenters. The molecule has 0 radical (unpaired) electrons. The van der Waals surface area contributed by atoms with E-state index < -0.39 is 0 Å². The van der Waals surface area contributed by atoms with Gasteiger partial charge in [-0.15, -0.1) is 0 Å². The highest BCUT2D eigenvalue weighted by Gasteiger charge is 2.15. The zero-order chi connectivity index (χ0) is 9.90. The number of ether oxygens (including phenoxy) is 1. The predicted molar refractivity (Wildman–Crippen MR) is 51.3 cm³/mol. The van der Waals surface area contributed by atoms with Crippen LogP contribution in [-0.2, 0) is 4.74 Å². The lowest BCUT2D eigenvalue weighted by Gasteiger charge is -2.22. The fourth-order valence-corrected chi connectivity index (χ4v) is 1.02. The van der Waals surface area contributed by atoms with Gasteiger partial charge in [-0.2, -0.15) is 4.79 Å². The first-order valence-electron chi connectivity index (χ1n) is 4.29. The molecule has 0 amide bonds. The van der Waals surface area contributed by atoms with Gasteiger partial charge in [-0.25, -0.2) is 0 Å². The smallest absolute Gasteiger partial charge is 0.296 e. The summed E-state index contributed by atoms with van der Waals surface area (Å²) in [5.74, 6) is 0.833. The molecule has 0 bridgehead atoms. The molecule has 0 heterocycles. The lowest BCUT2D eigenvalue weighted by Crippen LogP contribution is -2.19. The highest BCUT2D eigenvalue weighted by molar-refractivity contribution is 5.92. The maximum atomic E-state index is 8.48. The van der Waals surface area contributed by atoms with Crippen LogP contribution in [0.25, 0.3) is 5.53 Å². The van der Waals surface area contributed by atoms with Crippen molar-refractivity contribution in [2.24, 2.45) is 0 Å². The Labute approximate surface area is 78.3 Å². The van der Waals surface area contributed by atoms with Crippen molar-refractivity contribution in [3.63, 3.8) is 0 Å². The molecule has 13 heavy (non-hydrogen) atoms. The van der Waals surface area contributed by atoms with Crippen molar-refractivity contribution in [1.82, 2.24) is 0 Å². The van der Waals surface area contributed by atoms with E-state index in [0.29, 0.717) is 12.1 Å². The summed E-state index contributed by atoms with van der Waals surface area (Å²) in [6.07, 6.45) is 6.09. The number of hydrogen-bond donors (Lipinski definition) is 0. The van der Waals surface area contributed by atoms with E-state index in [9.17, 15) is 0 Å². The van der Waals surface area contributed by atoms with Crippen LogP contribution in [0, 0.1) is 0 Å². The molecule has 0 unspecified atom stereocenters. The van der Waals surface area contributed by atoms with E-state index in [2.05, 4.69) is 4.79 Å². The Kier molecular flexibility index (Phi) is 2.69. The zero-order valence-corrected chi connectivity index (χ0v) is 8.24. The van der Waals surface area contributed by atoms with Gasteiger partial charge in [0, 0.05) is 6.08 Å². The molecule has 1 aliphatic carbocycles. The molecule has 0 aromatic rings. The molecule has 0 spiro atoms. The Morgan fingerprint density at radius 1 is 1.38 bits per heavy atom. The minimum absolute atomic E-state index is 0.177. The molecular formula is C10H14N2O. The summed E-state index contributed by atoms with van der Waals surface area (Å²) >= 11 is 0. The molecule has 0 aliphatic heterocycles. The van der Waals surface area contributed by atoms with E-state index in [-0.39, 0.29) is 5.60 Å². The van der Waals surface area contributed by atoms with Crippen LogP contribution in [-0.4, -0.2) is 16.1 Å². The molecule has 0 saturated heterocycles. The fourth-order valence-electron chi connectivity index (χ4n) is 1.02. The first kappa shape index (κ1) is 9.75. The number of hydrogen-bond acceptors (Lipinski definition) is 1. The monoisotopic (exact) mass is 178 g/mol. The van der Waals surface area contributed by atoms with Crippen molar-refractivity contribution in [2.75, 3.05) is 0 Å². The highest BCUT2D eigenvalue weighted by atomic mass is 16.5. The van der Waals surface area contributed by atoms with E-state index in [4.69, 9.17) is 10.3 Å². The number of allylic oxidation sites excluding steroid dienone is 3. The van der Waals surface area contributed by atoms with Crippen LogP contribution in [0.4, 0.5) is 0 Å². The van der Waals surface area contributed by atoms with Crippen LogP contribution in [0.5, 0.6) is 0 Å². The third-order valence-corrected chi connectivity index (χ3v) is 1.50. The van der Waals surface area contributed by atoms with Gasteiger partial charge in [-0.3, -0.25) is 0 Å². The summed E-state index contributed by atoms with van der Waals surface area (Å²) in [5, 5.41) is 0. The Hall–Kier alpha value is -1.34. The Morgan fingerprint density at radius 2 is 2.08 bits per heavy atom. The van der Waals surface area contributed by atoms with E-state index in [1.165, 1.54) is 0 Å². The van der Waals surface area contributed by atoms with E-state index in [1.54, 1.807) is 6.08 Å². The standard InChI is InChI=1S/C10H14N2O/c1-10(2,3)13-9-6-4-8(12-11)5-7-9/h4,6-7H,5H2,1-3H3. The van der Waals surface area contributed by atoms with Crippen LogP contribution in [0.1, 0.15) is 27.2 Å². The van der Waals surface area contributed by atoms with E-state index in [1.807, 2.05) is 32.9 Å². The number of nitrogens with zero attached hydrogens (tertiary/aromatic N) is 2. The van der Waals surface area contributed by atoms with Gasteiger partial charge in [0.1, 0.15) is 11.4 Å². The third kappa shape index (κ3) is 3.26. The van der Waals surface area contributed by atoms with Gasteiger partial charge in [0.15, 0.2) is 0 Å². The van der Waals surface area contributed by atoms with Gasteiger partial charge in [0.05, 0.1) is 6.42 Å². The maximum Gasteiger partial charge on any atom is 0.296 e. The van der Waals surface area contributed by atoms with Crippen LogP contribution in [0.15, 0.2) is 24.0 Å². The Bertz CT molecular complexity index is 301. The highest BCUT2D eigenvalue weighted by Crippen LogP contribution is 2.17. The fraction of sp³-hybridized carbons (Fsp3) is 0.500. The van der Waals surface area contributed by atoms with Crippen molar-refractivity contribution >= 4 is 5.71 Å². The SMILES string of the molecule is CC(C)(C)OC1=CCC(=[N+]=[N-])C=C1. The Morgan fingerprint density at radius 3 is 2.46 bits per heavy atom. The van der Waals surface area contributed by atoms with Crippen LogP contribution in [0.3, 0.4) is 0 Å². The molecule has 3 nitrogen and oxygen atoms in total. The molecular weight excluding hydrogens is 164 g/mol. The van der Waals surface area contributed by atoms with E-state index >= 15 is 0 Å². The van der Waals surface area contributed by atoms with Crippen LogP contribution >= 0.6 is 0 Å². The summed E-state index contributed by atoms with van der Waals surface area (Å²) in [5.41, 5.74) is 8.95. The molecule has 0 aromatic carbocycles. The lowest BCUT2D eigenvalue weighted by atomic mass is 10.1. The predicted octanol–water partition coefficient (Wildman–Crippen LogP) is 2.32. The molecule has 0 fully saturated rings. The molecule has 0 aromatic heterocycles. The third-order valence-electron chi connectivity index (χ3n) is 1.50. The van der Waals surface area contributed by atoms with Crippen molar-refractivity contribution in [3.8, 4) is 0 Å². The van der Waals surface area contributed by atoms with Gasteiger partial charge in [-0.1, -0.05) is 0 Å². The first-order valence-corrected chi connectivity index (χ1v) is 4.29. The second-order valence-corrected chi connectivity index (χ2v) is 3.95. The van der Waals surface area contributed by atoms with Gasteiger partial charge < -0.3 is 10.3 Å².